The predicted molar refractivity (Wildman–Crippen MR) is 116 cm³/mol. The first-order valence-electron chi connectivity index (χ1n) is 10.3. The fourth-order valence-electron chi connectivity index (χ4n) is 4.15. The Morgan fingerprint density at radius 3 is 2.69 bits per heavy atom. The van der Waals surface area contributed by atoms with Gasteiger partial charge < -0.3 is 5.11 Å². The molecule has 1 fully saturated rings. The van der Waals surface area contributed by atoms with Crippen molar-refractivity contribution in [2.75, 3.05) is 26.3 Å². The first-order valence-corrected chi connectivity index (χ1v) is 10.3. The van der Waals surface area contributed by atoms with Gasteiger partial charge in [-0.1, -0.05) is 42.5 Å². The highest BCUT2D eigenvalue weighted by Crippen LogP contribution is 2.32. The molecule has 0 amide bonds. The van der Waals surface area contributed by atoms with Gasteiger partial charge in [-0.25, -0.2) is 4.79 Å². The molecule has 1 N–H and O–H groups in total. The standard InChI is InChI=1S/C25H26FNO2/c26-11-4-12-27-16-19(17-27)13-18-7-9-20(10-8-18)24-15-22(25(28)29)14-21-5-2-1-3-6-23(21)24/h3,6-10,13-15H,1-2,4-5,11-12,16-17H2,(H,28,29). The maximum Gasteiger partial charge on any atom is 0.335 e. The van der Waals surface area contributed by atoms with Crippen LogP contribution in [0.3, 0.4) is 0 Å². The highest BCUT2D eigenvalue weighted by atomic mass is 19.1. The molecule has 0 bridgehead atoms. The molecule has 1 heterocycles. The van der Waals surface area contributed by atoms with Crippen molar-refractivity contribution in [1.82, 2.24) is 4.90 Å². The Bertz CT molecular complexity index is 952. The molecular formula is C25H26FNO2. The summed E-state index contributed by atoms with van der Waals surface area (Å²) < 4.78 is 12.3. The Hall–Kier alpha value is -2.72. The van der Waals surface area contributed by atoms with Gasteiger partial charge in [0.2, 0.25) is 0 Å². The number of rotatable bonds is 6. The van der Waals surface area contributed by atoms with E-state index in [4.69, 9.17) is 0 Å². The number of carboxylic acids is 1. The topological polar surface area (TPSA) is 40.5 Å². The zero-order valence-electron chi connectivity index (χ0n) is 16.5. The molecule has 0 unspecified atom stereocenters. The van der Waals surface area contributed by atoms with Crippen LogP contribution in [0.15, 0.2) is 48.0 Å². The Kier molecular flexibility index (Phi) is 5.91. The zero-order valence-corrected chi connectivity index (χ0v) is 16.5. The van der Waals surface area contributed by atoms with Gasteiger partial charge in [-0.2, -0.15) is 0 Å². The molecule has 0 aromatic heterocycles. The average Bonchev–Trinajstić information content (AvgIpc) is 2.95. The average molecular weight is 391 g/mol. The maximum absolute atomic E-state index is 12.3. The molecule has 0 spiro atoms. The smallest absolute Gasteiger partial charge is 0.335 e. The van der Waals surface area contributed by atoms with Crippen molar-refractivity contribution in [2.45, 2.75) is 25.7 Å². The molecule has 1 aliphatic heterocycles. The molecule has 2 aliphatic rings. The Morgan fingerprint density at radius 1 is 1.17 bits per heavy atom. The maximum atomic E-state index is 12.3. The summed E-state index contributed by atoms with van der Waals surface area (Å²) in [5.74, 6) is -0.883. The second-order valence-electron chi connectivity index (χ2n) is 7.87. The van der Waals surface area contributed by atoms with Crippen molar-refractivity contribution in [1.29, 1.82) is 0 Å². The predicted octanol–water partition coefficient (Wildman–Crippen LogP) is 5.46. The monoisotopic (exact) mass is 391 g/mol. The van der Waals surface area contributed by atoms with Gasteiger partial charge in [0.1, 0.15) is 0 Å². The number of likely N-dealkylation sites (tertiary alicyclic amines) is 1. The molecule has 29 heavy (non-hydrogen) atoms. The number of aromatic carboxylic acids is 1. The number of alkyl halides is 1. The van der Waals surface area contributed by atoms with Gasteiger partial charge in [-0.15, -0.1) is 0 Å². The summed E-state index contributed by atoms with van der Waals surface area (Å²) in [4.78, 5) is 13.9. The molecule has 0 atom stereocenters. The van der Waals surface area contributed by atoms with Gasteiger partial charge in [0, 0.05) is 19.6 Å². The minimum atomic E-state index is -0.883. The van der Waals surface area contributed by atoms with E-state index in [1.807, 2.05) is 6.07 Å². The molecule has 4 heteroatoms. The third kappa shape index (κ3) is 4.48. The van der Waals surface area contributed by atoms with Crippen LogP contribution < -0.4 is 0 Å². The summed E-state index contributed by atoms with van der Waals surface area (Å²) in [6.45, 7) is 2.41. The summed E-state index contributed by atoms with van der Waals surface area (Å²) in [5.41, 5.74) is 7.13. The van der Waals surface area contributed by atoms with E-state index in [0.29, 0.717) is 12.0 Å². The molecule has 1 aliphatic carbocycles. The number of hydrogen-bond acceptors (Lipinski definition) is 2. The van der Waals surface area contributed by atoms with E-state index in [9.17, 15) is 14.3 Å². The molecule has 3 nitrogen and oxygen atoms in total. The van der Waals surface area contributed by atoms with Gasteiger partial charge in [-0.3, -0.25) is 9.29 Å². The first kappa shape index (κ1) is 19.6. The minimum absolute atomic E-state index is 0.251. The molecule has 1 saturated heterocycles. The molecule has 2 aromatic rings. The Morgan fingerprint density at radius 2 is 1.97 bits per heavy atom. The number of carbonyl (C=O) groups is 1. The van der Waals surface area contributed by atoms with Crippen molar-refractivity contribution < 1.29 is 14.3 Å². The summed E-state index contributed by atoms with van der Waals surface area (Å²) in [7, 11) is 0. The lowest BCUT2D eigenvalue weighted by molar-refractivity contribution is 0.0697. The Labute approximate surface area is 171 Å². The van der Waals surface area contributed by atoms with Crippen LogP contribution in [-0.4, -0.2) is 42.3 Å². The summed E-state index contributed by atoms with van der Waals surface area (Å²) >= 11 is 0. The molecule has 150 valence electrons. The number of fused-ring (bicyclic) bond motifs is 1. The van der Waals surface area contributed by atoms with Crippen LogP contribution in [0.4, 0.5) is 4.39 Å². The number of carboxylic acid groups (broad SMARTS) is 1. The third-order valence-corrected chi connectivity index (χ3v) is 5.67. The minimum Gasteiger partial charge on any atom is -0.478 e. The van der Waals surface area contributed by atoms with Crippen LogP contribution >= 0.6 is 0 Å². The highest BCUT2D eigenvalue weighted by Gasteiger charge is 2.19. The van der Waals surface area contributed by atoms with Crippen LogP contribution in [0.5, 0.6) is 0 Å². The number of halogens is 1. The molecule has 0 radical (unpaired) electrons. The highest BCUT2D eigenvalue weighted by molar-refractivity contribution is 5.92. The summed E-state index contributed by atoms with van der Waals surface area (Å²) in [5, 5.41) is 9.53. The van der Waals surface area contributed by atoms with Crippen LogP contribution in [0.2, 0.25) is 0 Å². The number of allylic oxidation sites excluding steroid dienone is 1. The molecule has 0 saturated carbocycles. The Balaban J connectivity index is 1.58. The van der Waals surface area contributed by atoms with E-state index in [2.05, 4.69) is 47.4 Å². The van der Waals surface area contributed by atoms with Crippen LogP contribution in [0, 0.1) is 0 Å². The first-order chi connectivity index (χ1) is 14.1. The third-order valence-electron chi connectivity index (χ3n) is 5.67. The fraction of sp³-hybridized carbons (Fsp3) is 0.320. The van der Waals surface area contributed by atoms with Crippen molar-refractivity contribution in [3.8, 4) is 11.1 Å². The van der Waals surface area contributed by atoms with Crippen LogP contribution in [-0.2, 0) is 6.42 Å². The quantitative estimate of drug-likeness (QED) is 0.711. The van der Waals surface area contributed by atoms with Gasteiger partial charge in [0.25, 0.3) is 0 Å². The molecular weight excluding hydrogens is 365 g/mol. The number of hydrogen-bond donors (Lipinski definition) is 1. The normalized spacial score (nSPS) is 16.1. The van der Waals surface area contributed by atoms with Crippen molar-refractivity contribution in [3.63, 3.8) is 0 Å². The summed E-state index contributed by atoms with van der Waals surface area (Å²) in [6, 6.07) is 11.9. The lowest BCUT2D eigenvalue weighted by Gasteiger charge is -2.33. The van der Waals surface area contributed by atoms with E-state index < -0.39 is 5.97 Å². The lowest BCUT2D eigenvalue weighted by Crippen LogP contribution is -2.40. The van der Waals surface area contributed by atoms with Gasteiger partial charge in [0.05, 0.1) is 12.2 Å². The molecule has 4 rings (SSSR count). The van der Waals surface area contributed by atoms with E-state index in [1.165, 1.54) is 5.57 Å². The number of benzene rings is 2. The molecule has 2 aromatic carbocycles. The second-order valence-corrected chi connectivity index (χ2v) is 7.87. The lowest BCUT2D eigenvalue weighted by atomic mass is 9.91. The van der Waals surface area contributed by atoms with Crippen molar-refractivity contribution in [2.24, 2.45) is 0 Å². The van der Waals surface area contributed by atoms with Gasteiger partial charge in [0.15, 0.2) is 0 Å². The van der Waals surface area contributed by atoms with E-state index in [1.54, 1.807) is 6.07 Å². The second kappa shape index (κ2) is 8.75. The van der Waals surface area contributed by atoms with Crippen molar-refractivity contribution >= 4 is 18.1 Å². The van der Waals surface area contributed by atoms with Crippen LogP contribution in [0.25, 0.3) is 23.3 Å². The van der Waals surface area contributed by atoms with E-state index in [0.717, 1.165) is 66.7 Å². The SMILES string of the molecule is O=C(O)c1cc2c(c(-c3ccc(C=C4CN(CCCF)C4)cc3)c1)C=CCCC2. The van der Waals surface area contributed by atoms with Gasteiger partial charge in [-0.05, 0) is 71.2 Å². The number of nitrogens with zero attached hydrogens (tertiary/aromatic N) is 1. The summed E-state index contributed by atoms with van der Waals surface area (Å²) in [6.07, 6.45) is 10.1. The van der Waals surface area contributed by atoms with Gasteiger partial charge >= 0.3 is 5.97 Å². The van der Waals surface area contributed by atoms with E-state index >= 15 is 0 Å². The fourth-order valence-corrected chi connectivity index (χ4v) is 4.15. The van der Waals surface area contributed by atoms with E-state index in [-0.39, 0.29) is 6.67 Å². The zero-order chi connectivity index (χ0) is 20.2. The number of aryl methyl sites for hydroxylation is 1. The van der Waals surface area contributed by atoms with Crippen LogP contribution in [0.1, 0.15) is 46.3 Å². The van der Waals surface area contributed by atoms with Crippen molar-refractivity contribution in [3.05, 3.63) is 70.3 Å². The largest absolute Gasteiger partial charge is 0.478 e.